The number of carbonyl (C=O) groups excluding carboxylic acids is 2. The van der Waals surface area contributed by atoms with Gasteiger partial charge in [-0.15, -0.1) is 0 Å². The Kier molecular flexibility index (Phi) is 3.38. The second-order valence-electron chi connectivity index (χ2n) is 7.16. The van der Waals surface area contributed by atoms with Crippen molar-refractivity contribution in [3.63, 3.8) is 0 Å². The summed E-state index contributed by atoms with van der Waals surface area (Å²) < 4.78 is 5.77. The molecule has 2 N–H and O–H groups in total. The summed E-state index contributed by atoms with van der Waals surface area (Å²) in [7, 11) is 0. The van der Waals surface area contributed by atoms with E-state index in [1.807, 2.05) is 45.0 Å². The summed E-state index contributed by atoms with van der Waals surface area (Å²) in [5.74, 6) is 0.655. The van der Waals surface area contributed by atoms with Gasteiger partial charge in [0, 0.05) is 6.42 Å². The van der Waals surface area contributed by atoms with E-state index in [9.17, 15) is 9.59 Å². The lowest BCUT2D eigenvalue weighted by molar-refractivity contribution is -0.137. The first-order valence-electron chi connectivity index (χ1n) is 7.68. The van der Waals surface area contributed by atoms with Crippen LogP contribution < -0.4 is 15.4 Å². The number of amides is 2. The zero-order valence-electron chi connectivity index (χ0n) is 13.2. The predicted molar refractivity (Wildman–Crippen MR) is 82.6 cm³/mol. The van der Waals surface area contributed by atoms with Crippen LogP contribution in [0.3, 0.4) is 0 Å². The largest absolute Gasteiger partial charge is 0.488 e. The van der Waals surface area contributed by atoms with Crippen LogP contribution in [0.25, 0.3) is 0 Å². The van der Waals surface area contributed by atoms with Crippen LogP contribution in [0.4, 0.5) is 0 Å². The molecule has 1 aliphatic heterocycles. The molecule has 118 valence electrons. The Hall–Kier alpha value is -2.04. The van der Waals surface area contributed by atoms with Crippen molar-refractivity contribution in [1.82, 2.24) is 10.6 Å². The number of ether oxygens (including phenoxy) is 1. The summed E-state index contributed by atoms with van der Waals surface area (Å²) in [6.45, 7) is 5.99. The summed E-state index contributed by atoms with van der Waals surface area (Å²) in [5, 5.41) is 5.69. The molecule has 0 unspecified atom stereocenters. The quantitative estimate of drug-likeness (QED) is 0.890. The third kappa shape index (κ3) is 3.08. The highest BCUT2D eigenvalue weighted by atomic mass is 16.5. The van der Waals surface area contributed by atoms with Gasteiger partial charge in [-0.25, -0.2) is 0 Å². The van der Waals surface area contributed by atoms with Crippen LogP contribution in [-0.4, -0.2) is 29.0 Å². The Morgan fingerprint density at radius 2 is 1.82 bits per heavy atom. The Balaban J connectivity index is 1.63. The third-order valence-corrected chi connectivity index (χ3v) is 3.96. The molecule has 1 saturated heterocycles. The molecule has 0 aromatic heterocycles. The van der Waals surface area contributed by atoms with E-state index in [2.05, 4.69) is 10.6 Å². The molecule has 0 radical (unpaired) electrons. The maximum atomic E-state index is 12.1. The summed E-state index contributed by atoms with van der Waals surface area (Å²) in [6.07, 6.45) is 1.98. The minimum Gasteiger partial charge on any atom is -0.488 e. The average Bonchev–Trinajstić information content (AvgIpc) is 3.17. The van der Waals surface area contributed by atoms with Gasteiger partial charge in [0.1, 0.15) is 22.9 Å². The van der Waals surface area contributed by atoms with E-state index in [0.29, 0.717) is 6.42 Å². The molecule has 1 aromatic carbocycles. The van der Waals surface area contributed by atoms with Gasteiger partial charge in [-0.2, -0.15) is 0 Å². The summed E-state index contributed by atoms with van der Waals surface area (Å²) in [5.41, 5.74) is 0.156. The topological polar surface area (TPSA) is 67.4 Å². The minimum atomic E-state index is -0.599. The van der Waals surface area contributed by atoms with Gasteiger partial charge >= 0.3 is 0 Å². The standard InChI is InChI=1S/C17H22N2O3/c1-16(2,3)22-12-6-4-11(5-7-12)10-13-14(20)19-17(8-9-17)15(21)18-13/h4-7,13H,8-10H2,1-3H3,(H,18,21)(H,19,20)/t13-/m0/s1. The molecule has 1 spiro atoms. The van der Waals surface area contributed by atoms with Crippen molar-refractivity contribution in [3.05, 3.63) is 29.8 Å². The number of hydrogen-bond acceptors (Lipinski definition) is 3. The van der Waals surface area contributed by atoms with E-state index in [1.54, 1.807) is 0 Å². The SMILES string of the molecule is CC(C)(C)Oc1ccc(C[C@@H]2NC(=O)C3(CC3)NC2=O)cc1. The van der Waals surface area contributed by atoms with Crippen LogP contribution in [0.1, 0.15) is 39.2 Å². The molecule has 0 bridgehead atoms. The number of hydrogen-bond donors (Lipinski definition) is 2. The Bertz CT molecular complexity index is 597. The normalized spacial score (nSPS) is 23.0. The number of rotatable bonds is 3. The molecule has 5 nitrogen and oxygen atoms in total. The first kappa shape index (κ1) is 14.9. The Labute approximate surface area is 130 Å². The first-order chi connectivity index (χ1) is 10.3. The van der Waals surface area contributed by atoms with E-state index in [-0.39, 0.29) is 17.4 Å². The highest BCUT2D eigenvalue weighted by molar-refractivity contribution is 6.01. The molecule has 1 aromatic rings. The van der Waals surface area contributed by atoms with Gasteiger partial charge in [0.2, 0.25) is 11.8 Å². The maximum Gasteiger partial charge on any atom is 0.246 e. The van der Waals surface area contributed by atoms with Crippen LogP contribution in [0.5, 0.6) is 5.75 Å². The number of nitrogens with one attached hydrogen (secondary N) is 2. The second-order valence-corrected chi connectivity index (χ2v) is 7.16. The average molecular weight is 302 g/mol. The van der Waals surface area contributed by atoms with Crippen molar-refractivity contribution in [2.24, 2.45) is 0 Å². The molecule has 1 heterocycles. The van der Waals surface area contributed by atoms with Crippen molar-refractivity contribution in [2.45, 2.75) is 57.2 Å². The molecular formula is C17H22N2O3. The Morgan fingerprint density at radius 1 is 1.18 bits per heavy atom. The van der Waals surface area contributed by atoms with E-state index in [0.717, 1.165) is 24.2 Å². The van der Waals surface area contributed by atoms with Gasteiger partial charge in [0.05, 0.1) is 0 Å². The van der Waals surface area contributed by atoms with Gasteiger partial charge < -0.3 is 15.4 Å². The molecule has 3 rings (SSSR count). The molecule has 1 aliphatic carbocycles. The minimum absolute atomic E-state index is 0.0511. The van der Waals surface area contributed by atoms with Crippen LogP contribution in [0.2, 0.25) is 0 Å². The van der Waals surface area contributed by atoms with Gasteiger partial charge in [0.15, 0.2) is 0 Å². The number of piperazine rings is 1. The van der Waals surface area contributed by atoms with Crippen LogP contribution >= 0.6 is 0 Å². The van der Waals surface area contributed by atoms with Crippen LogP contribution in [-0.2, 0) is 16.0 Å². The summed E-state index contributed by atoms with van der Waals surface area (Å²) >= 11 is 0. The zero-order valence-corrected chi connectivity index (χ0v) is 13.2. The smallest absolute Gasteiger partial charge is 0.246 e. The fourth-order valence-corrected chi connectivity index (χ4v) is 2.65. The number of carbonyl (C=O) groups is 2. The molecule has 1 saturated carbocycles. The van der Waals surface area contributed by atoms with Gasteiger partial charge in [-0.05, 0) is 51.3 Å². The number of benzene rings is 1. The summed E-state index contributed by atoms with van der Waals surface area (Å²) in [4.78, 5) is 24.1. The van der Waals surface area contributed by atoms with E-state index in [1.165, 1.54) is 0 Å². The fourth-order valence-electron chi connectivity index (χ4n) is 2.65. The molecule has 2 aliphatic rings. The van der Waals surface area contributed by atoms with Gasteiger partial charge in [0.25, 0.3) is 0 Å². The van der Waals surface area contributed by atoms with Crippen molar-refractivity contribution < 1.29 is 14.3 Å². The highest BCUT2D eigenvalue weighted by Gasteiger charge is 2.55. The lowest BCUT2D eigenvalue weighted by Crippen LogP contribution is -2.63. The predicted octanol–water partition coefficient (Wildman–Crippen LogP) is 1.55. The van der Waals surface area contributed by atoms with Crippen molar-refractivity contribution >= 4 is 11.8 Å². The summed E-state index contributed by atoms with van der Waals surface area (Å²) in [6, 6.07) is 7.16. The molecule has 5 heteroatoms. The Morgan fingerprint density at radius 3 is 2.36 bits per heavy atom. The van der Waals surface area contributed by atoms with Crippen molar-refractivity contribution in [3.8, 4) is 5.75 Å². The van der Waals surface area contributed by atoms with Crippen LogP contribution in [0, 0.1) is 0 Å². The first-order valence-corrected chi connectivity index (χ1v) is 7.68. The van der Waals surface area contributed by atoms with Crippen molar-refractivity contribution in [2.75, 3.05) is 0 Å². The fraction of sp³-hybridized carbons (Fsp3) is 0.529. The van der Waals surface area contributed by atoms with Gasteiger partial charge in [-0.1, -0.05) is 12.1 Å². The molecule has 22 heavy (non-hydrogen) atoms. The third-order valence-electron chi connectivity index (χ3n) is 3.96. The molecule has 1 atom stereocenters. The van der Waals surface area contributed by atoms with E-state index in [4.69, 9.17) is 4.74 Å². The highest BCUT2D eigenvalue weighted by Crippen LogP contribution is 2.37. The zero-order chi connectivity index (χ0) is 16.0. The monoisotopic (exact) mass is 302 g/mol. The van der Waals surface area contributed by atoms with Crippen LogP contribution in [0.15, 0.2) is 24.3 Å². The van der Waals surface area contributed by atoms with E-state index >= 15 is 0 Å². The van der Waals surface area contributed by atoms with E-state index < -0.39 is 11.6 Å². The lowest BCUT2D eigenvalue weighted by atomic mass is 10.0. The molecule has 2 amide bonds. The van der Waals surface area contributed by atoms with Gasteiger partial charge in [-0.3, -0.25) is 9.59 Å². The molecular weight excluding hydrogens is 280 g/mol. The lowest BCUT2D eigenvalue weighted by Gasteiger charge is -2.29. The second kappa shape index (κ2) is 5.00. The maximum absolute atomic E-state index is 12.1. The van der Waals surface area contributed by atoms with Crippen molar-refractivity contribution in [1.29, 1.82) is 0 Å². The molecule has 2 fully saturated rings.